The number of benzene rings is 1. The van der Waals surface area contributed by atoms with Crippen molar-refractivity contribution in [1.29, 1.82) is 0 Å². The van der Waals surface area contributed by atoms with Crippen LogP contribution in [0.2, 0.25) is 0 Å². The number of nitrogens with zero attached hydrogens (tertiary/aromatic N) is 1. The van der Waals surface area contributed by atoms with E-state index in [1.807, 2.05) is 18.0 Å². The number of piperidine rings is 1. The lowest BCUT2D eigenvalue weighted by Gasteiger charge is -2.29. The zero-order chi connectivity index (χ0) is 19.9. The molecular formula is C22H35FN4O. The van der Waals surface area contributed by atoms with E-state index in [4.69, 9.17) is 0 Å². The van der Waals surface area contributed by atoms with Crippen molar-refractivity contribution in [2.45, 2.75) is 57.5 Å². The lowest BCUT2D eigenvalue weighted by atomic mass is 9.85. The van der Waals surface area contributed by atoms with Crippen LogP contribution < -0.4 is 16.2 Å². The van der Waals surface area contributed by atoms with E-state index < -0.39 is 0 Å². The third-order valence-corrected chi connectivity index (χ3v) is 6.34. The molecule has 3 rings (SSSR count). The Balaban J connectivity index is 1.34. The van der Waals surface area contributed by atoms with Crippen LogP contribution in [0.4, 0.5) is 4.39 Å². The van der Waals surface area contributed by atoms with Crippen LogP contribution in [-0.2, 0) is 4.79 Å². The van der Waals surface area contributed by atoms with E-state index in [-0.39, 0.29) is 17.8 Å². The van der Waals surface area contributed by atoms with Crippen molar-refractivity contribution in [3.05, 3.63) is 35.6 Å². The van der Waals surface area contributed by atoms with Gasteiger partial charge in [0.05, 0.1) is 0 Å². The molecule has 5 nitrogen and oxygen atoms in total. The summed E-state index contributed by atoms with van der Waals surface area (Å²) < 4.78 is 13.4. The van der Waals surface area contributed by atoms with Crippen molar-refractivity contribution < 1.29 is 9.18 Å². The van der Waals surface area contributed by atoms with Gasteiger partial charge in [0.2, 0.25) is 5.91 Å². The molecule has 6 heteroatoms. The Kier molecular flexibility index (Phi) is 7.82. The fraction of sp³-hybridized carbons (Fsp3) is 0.682. The van der Waals surface area contributed by atoms with Gasteiger partial charge in [-0.15, -0.1) is 0 Å². The molecule has 156 valence electrons. The number of nitrogens with one attached hydrogen (secondary N) is 3. The maximum absolute atomic E-state index is 13.4. The van der Waals surface area contributed by atoms with Gasteiger partial charge in [-0.2, -0.15) is 0 Å². The molecule has 2 heterocycles. The van der Waals surface area contributed by atoms with Gasteiger partial charge in [-0.3, -0.25) is 15.6 Å². The second kappa shape index (κ2) is 10.3. The predicted octanol–water partition coefficient (Wildman–Crippen LogP) is 3.00. The minimum Gasteiger partial charge on any atom is -0.346 e. The number of hydrazine groups is 1. The smallest absolute Gasteiger partial charge is 0.222 e. The third-order valence-electron chi connectivity index (χ3n) is 6.34. The molecule has 2 aliphatic rings. The van der Waals surface area contributed by atoms with Crippen LogP contribution >= 0.6 is 0 Å². The molecule has 4 unspecified atom stereocenters. The monoisotopic (exact) mass is 390 g/mol. The van der Waals surface area contributed by atoms with Crippen molar-refractivity contribution in [1.82, 2.24) is 21.1 Å². The summed E-state index contributed by atoms with van der Waals surface area (Å²) in [6.07, 6.45) is 6.01. The number of carbonyl (C=O) groups is 1. The standard InChI is InChI=1S/C22H35FN4O/c1-16(18-7-4-10-24-15-18)12-22(28)27(2)11-5-9-20-14-21(26-25-20)17-6-3-8-19(23)13-17/h3,6,8,13,16,18,20-21,24-26H,4-5,7,9-12,14-15H2,1-2H3. The fourth-order valence-corrected chi connectivity index (χ4v) is 4.42. The van der Waals surface area contributed by atoms with Gasteiger partial charge < -0.3 is 10.2 Å². The molecule has 1 aromatic carbocycles. The average molecular weight is 391 g/mol. The summed E-state index contributed by atoms with van der Waals surface area (Å²) in [5, 5.41) is 3.44. The van der Waals surface area contributed by atoms with E-state index in [2.05, 4.69) is 23.1 Å². The Morgan fingerprint density at radius 1 is 1.36 bits per heavy atom. The number of carbonyl (C=O) groups excluding carboxylic acids is 1. The summed E-state index contributed by atoms with van der Waals surface area (Å²) >= 11 is 0. The van der Waals surface area contributed by atoms with Gasteiger partial charge in [0.25, 0.3) is 0 Å². The SMILES string of the molecule is CC(CC(=O)N(C)CCCC1CC(c2cccc(F)c2)NN1)C1CCCNC1. The first-order valence-corrected chi connectivity index (χ1v) is 10.7. The first-order chi connectivity index (χ1) is 13.5. The van der Waals surface area contributed by atoms with Crippen LogP contribution in [0.25, 0.3) is 0 Å². The minimum atomic E-state index is -0.193. The lowest BCUT2D eigenvalue weighted by molar-refractivity contribution is -0.131. The highest BCUT2D eigenvalue weighted by Gasteiger charge is 2.26. The summed E-state index contributed by atoms with van der Waals surface area (Å²) in [5.74, 6) is 1.13. The van der Waals surface area contributed by atoms with Crippen molar-refractivity contribution in [3.8, 4) is 0 Å². The number of hydrogen-bond donors (Lipinski definition) is 3. The maximum Gasteiger partial charge on any atom is 0.222 e. The highest BCUT2D eigenvalue weighted by Crippen LogP contribution is 2.25. The van der Waals surface area contributed by atoms with Crippen LogP contribution in [0.1, 0.15) is 57.1 Å². The van der Waals surface area contributed by atoms with Crippen molar-refractivity contribution >= 4 is 5.91 Å². The normalized spacial score (nSPS) is 26.2. The molecular weight excluding hydrogens is 355 g/mol. The summed E-state index contributed by atoms with van der Waals surface area (Å²) in [6.45, 7) is 5.16. The quantitative estimate of drug-likeness (QED) is 0.639. The summed E-state index contributed by atoms with van der Waals surface area (Å²) in [5.41, 5.74) is 7.57. The molecule has 0 radical (unpaired) electrons. The van der Waals surface area contributed by atoms with E-state index in [0.29, 0.717) is 24.3 Å². The first kappa shape index (κ1) is 21.2. The molecule has 0 aromatic heterocycles. The third kappa shape index (κ3) is 6.00. The number of rotatable bonds is 8. The molecule has 0 bridgehead atoms. The van der Waals surface area contributed by atoms with E-state index in [1.54, 1.807) is 12.1 Å². The molecule has 2 fully saturated rings. The van der Waals surface area contributed by atoms with E-state index in [9.17, 15) is 9.18 Å². The molecule has 1 aromatic rings. The van der Waals surface area contributed by atoms with Gasteiger partial charge in [-0.05, 0) is 74.7 Å². The average Bonchev–Trinajstić information content (AvgIpc) is 3.17. The predicted molar refractivity (Wildman–Crippen MR) is 110 cm³/mol. The molecule has 3 N–H and O–H groups in total. The highest BCUT2D eigenvalue weighted by molar-refractivity contribution is 5.76. The fourth-order valence-electron chi connectivity index (χ4n) is 4.42. The maximum atomic E-state index is 13.4. The van der Waals surface area contributed by atoms with Crippen LogP contribution in [0.5, 0.6) is 0 Å². The molecule has 0 spiro atoms. The lowest BCUT2D eigenvalue weighted by Crippen LogP contribution is -2.36. The number of hydrogen-bond acceptors (Lipinski definition) is 4. The van der Waals surface area contributed by atoms with Crippen molar-refractivity contribution in [3.63, 3.8) is 0 Å². The first-order valence-electron chi connectivity index (χ1n) is 10.7. The Labute approximate surface area is 168 Å². The summed E-state index contributed by atoms with van der Waals surface area (Å²) in [6, 6.07) is 7.28. The van der Waals surface area contributed by atoms with Crippen molar-refractivity contribution in [2.24, 2.45) is 11.8 Å². The largest absolute Gasteiger partial charge is 0.346 e. The van der Waals surface area contributed by atoms with Crippen LogP contribution in [0.15, 0.2) is 24.3 Å². The van der Waals surface area contributed by atoms with Gasteiger partial charge in [0, 0.05) is 32.1 Å². The van der Waals surface area contributed by atoms with Crippen molar-refractivity contribution in [2.75, 3.05) is 26.7 Å². The second-order valence-corrected chi connectivity index (χ2v) is 8.57. The Bertz CT molecular complexity index is 635. The molecule has 4 atom stereocenters. The molecule has 28 heavy (non-hydrogen) atoms. The Morgan fingerprint density at radius 2 is 2.21 bits per heavy atom. The van der Waals surface area contributed by atoms with E-state index in [1.165, 1.54) is 18.9 Å². The van der Waals surface area contributed by atoms with E-state index in [0.717, 1.165) is 44.5 Å². The van der Waals surface area contributed by atoms with Crippen LogP contribution in [-0.4, -0.2) is 43.5 Å². The number of halogens is 1. The second-order valence-electron chi connectivity index (χ2n) is 8.57. The zero-order valence-electron chi connectivity index (χ0n) is 17.2. The Morgan fingerprint density at radius 3 is 2.96 bits per heavy atom. The Hall–Kier alpha value is -1.50. The minimum absolute atomic E-state index is 0.144. The molecule has 2 aliphatic heterocycles. The van der Waals surface area contributed by atoms with E-state index >= 15 is 0 Å². The van der Waals surface area contributed by atoms with Gasteiger partial charge in [-0.1, -0.05) is 19.1 Å². The highest BCUT2D eigenvalue weighted by atomic mass is 19.1. The summed E-state index contributed by atoms with van der Waals surface area (Å²) in [7, 11) is 1.92. The zero-order valence-corrected chi connectivity index (χ0v) is 17.2. The molecule has 0 aliphatic carbocycles. The van der Waals surface area contributed by atoms with Gasteiger partial charge in [0.1, 0.15) is 5.82 Å². The van der Waals surface area contributed by atoms with Gasteiger partial charge >= 0.3 is 0 Å². The molecule has 0 saturated carbocycles. The summed E-state index contributed by atoms with van der Waals surface area (Å²) in [4.78, 5) is 14.4. The molecule has 1 amide bonds. The van der Waals surface area contributed by atoms with Gasteiger partial charge in [-0.25, -0.2) is 4.39 Å². The molecule has 2 saturated heterocycles. The number of amides is 1. The van der Waals surface area contributed by atoms with Gasteiger partial charge in [0.15, 0.2) is 0 Å². The van der Waals surface area contributed by atoms with Crippen LogP contribution in [0, 0.1) is 17.7 Å². The van der Waals surface area contributed by atoms with Crippen LogP contribution in [0.3, 0.4) is 0 Å². The topological polar surface area (TPSA) is 56.4 Å².